The van der Waals surface area contributed by atoms with Crippen molar-refractivity contribution in [2.45, 2.75) is 31.7 Å². The first-order chi connectivity index (χ1) is 11.5. The standard InChI is InChI=1S/C18H23NO4S/c1-4-22-16-8-6-15(7-9-16)14(3)19-24(20,21)18-12-10-17(11-13-18)23-5-2/h6-14,19H,4-5H2,1-3H3. The van der Waals surface area contributed by atoms with Gasteiger partial charge in [0.1, 0.15) is 11.5 Å². The summed E-state index contributed by atoms with van der Waals surface area (Å²) in [6.07, 6.45) is 0. The minimum atomic E-state index is -3.60. The molecule has 0 saturated carbocycles. The summed E-state index contributed by atoms with van der Waals surface area (Å²) in [6.45, 7) is 6.74. The molecule has 2 aromatic carbocycles. The van der Waals surface area contributed by atoms with E-state index < -0.39 is 10.0 Å². The maximum absolute atomic E-state index is 12.5. The van der Waals surface area contributed by atoms with Crippen LogP contribution in [0.15, 0.2) is 53.4 Å². The van der Waals surface area contributed by atoms with Gasteiger partial charge in [-0.25, -0.2) is 13.1 Å². The van der Waals surface area contributed by atoms with Crippen LogP contribution in [0.2, 0.25) is 0 Å². The molecule has 1 unspecified atom stereocenters. The van der Waals surface area contributed by atoms with E-state index in [9.17, 15) is 8.42 Å². The number of hydrogen-bond donors (Lipinski definition) is 1. The van der Waals surface area contributed by atoms with Crippen LogP contribution < -0.4 is 14.2 Å². The number of ether oxygens (including phenoxy) is 2. The molecule has 0 bridgehead atoms. The summed E-state index contributed by atoms with van der Waals surface area (Å²) >= 11 is 0. The summed E-state index contributed by atoms with van der Waals surface area (Å²) in [5.74, 6) is 1.42. The van der Waals surface area contributed by atoms with Crippen LogP contribution in [0, 0.1) is 0 Å². The van der Waals surface area contributed by atoms with Crippen LogP contribution in [-0.4, -0.2) is 21.6 Å². The summed E-state index contributed by atoms with van der Waals surface area (Å²) < 4.78 is 38.4. The highest BCUT2D eigenvalue weighted by molar-refractivity contribution is 7.89. The number of benzene rings is 2. The molecule has 0 fully saturated rings. The Balaban J connectivity index is 2.09. The lowest BCUT2D eigenvalue weighted by Gasteiger charge is -2.15. The van der Waals surface area contributed by atoms with E-state index >= 15 is 0 Å². The summed E-state index contributed by atoms with van der Waals surface area (Å²) in [5, 5.41) is 0. The Morgan fingerprint density at radius 2 is 1.33 bits per heavy atom. The van der Waals surface area contributed by atoms with Crippen molar-refractivity contribution in [2.75, 3.05) is 13.2 Å². The van der Waals surface area contributed by atoms with E-state index in [1.54, 1.807) is 12.1 Å². The van der Waals surface area contributed by atoms with Crippen LogP contribution in [0.1, 0.15) is 32.4 Å². The van der Waals surface area contributed by atoms with Gasteiger partial charge in [-0.15, -0.1) is 0 Å². The van der Waals surface area contributed by atoms with E-state index in [0.717, 1.165) is 11.3 Å². The second kappa shape index (κ2) is 8.17. The Hall–Kier alpha value is -2.05. The Morgan fingerprint density at radius 1 is 0.875 bits per heavy atom. The molecule has 0 radical (unpaired) electrons. The minimum absolute atomic E-state index is 0.212. The minimum Gasteiger partial charge on any atom is -0.494 e. The third-order valence-corrected chi connectivity index (χ3v) is 5.02. The van der Waals surface area contributed by atoms with E-state index in [4.69, 9.17) is 9.47 Å². The molecule has 130 valence electrons. The quantitative estimate of drug-likeness (QED) is 0.792. The first kappa shape index (κ1) is 18.3. The molecule has 24 heavy (non-hydrogen) atoms. The third-order valence-electron chi connectivity index (χ3n) is 3.47. The predicted octanol–water partition coefficient (Wildman–Crippen LogP) is 3.52. The maximum atomic E-state index is 12.5. The monoisotopic (exact) mass is 349 g/mol. The van der Waals surface area contributed by atoms with Crippen LogP contribution in [-0.2, 0) is 10.0 Å². The summed E-state index contributed by atoms with van der Waals surface area (Å²) in [4.78, 5) is 0.212. The summed E-state index contributed by atoms with van der Waals surface area (Å²) in [7, 11) is -3.60. The van der Waals surface area contributed by atoms with Gasteiger partial charge >= 0.3 is 0 Å². The highest BCUT2D eigenvalue weighted by Crippen LogP contribution is 2.21. The Bertz CT molecular complexity index is 740. The first-order valence-corrected chi connectivity index (χ1v) is 9.42. The topological polar surface area (TPSA) is 64.6 Å². The zero-order chi connectivity index (χ0) is 17.6. The van der Waals surface area contributed by atoms with Gasteiger partial charge in [0.2, 0.25) is 10.0 Å². The summed E-state index contributed by atoms with van der Waals surface area (Å²) in [6, 6.07) is 13.4. The van der Waals surface area contributed by atoms with Crippen molar-refractivity contribution < 1.29 is 17.9 Å². The van der Waals surface area contributed by atoms with E-state index in [0.29, 0.717) is 19.0 Å². The van der Waals surface area contributed by atoms with Gasteiger partial charge in [0.05, 0.1) is 18.1 Å². The van der Waals surface area contributed by atoms with E-state index in [1.165, 1.54) is 12.1 Å². The molecule has 2 rings (SSSR count). The maximum Gasteiger partial charge on any atom is 0.241 e. The molecule has 0 saturated heterocycles. The van der Waals surface area contributed by atoms with Crippen molar-refractivity contribution in [3.05, 3.63) is 54.1 Å². The van der Waals surface area contributed by atoms with Crippen molar-refractivity contribution >= 4 is 10.0 Å². The lowest BCUT2D eigenvalue weighted by molar-refractivity contribution is 0.340. The lowest BCUT2D eigenvalue weighted by atomic mass is 10.1. The average Bonchev–Trinajstić information content (AvgIpc) is 2.56. The highest BCUT2D eigenvalue weighted by Gasteiger charge is 2.18. The fourth-order valence-corrected chi connectivity index (χ4v) is 3.50. The second-order valence-corrected chi connectivity index (χ2v) is 6.96. The molecule has 1 atom stereocenters. The van der Waals surface area contributed by atoms with Crippen molar-refractivity contribution in [1.82, 2.24) is 4.72 Å². The molecule has 1 N–H and O–H groups in total. The largest absolute Gasteiger partial charge is 0.494 e. The van der Waals surface area contributed by atoms with Gasteiger partial charge in [0.25, 0.3) is 0 Å². The highest BCUT2D eigenvalue weighted by atomic mass is 32.2. The van der Waals surface area contributed by atoms with Crippen LogP contribution in [0.3, 0.4) is 0 Å². The SMILES string of the molecule is CCOc1ccc(C(C)NS(=O)(=O)c2ccc(OCC)cc2)cc1. The first-order valence-electron chi connectivity index (χ1n) is 7.94. The summed E-state index contributed by atoms with van der Waals surface area (Å²) in [5.41, 5.74) is 0.868. The Morgan fingerprint density at radius 3 is 1.79 bits per heavy atom. The van der Waals surface area contributed by atoms with Crippen LogP contribution in [0.5, 0.6) is 11.5 Å². The zero-order valence-corrected chi connectivity index (χ0v) is 15.0. The van der Waals surface area contributed by atoms with Crippen LogP contribution >= 0.6 is 0 Å². The van der Waals surface area contributed by atoms with Crippen molar-refractivity contribution in [1.29, 1.82) is 0 Å². The molecular weight excluding hydrogens is 326 g/mol. The van der Waals surface area contributed by atoms with Crippen LogP contribution in [0.25, 0.3) is 0 Å². The Kier molecular flexibility index (Phi) is 6.23. The van der Waals surface area contributed by atoms with E-state index in [2.05, 4.69) is 4.72 Å². The average molecular weight is 349 g/mol. The number of sulfonamides is 1. The smallest absolute Gasteiger partial charge is 0.241 e. The molecule has 0 aliphatic carbocycles. The van der Waals surface area contributed by atoms with Crippen molar-refractivity contribution in [3.63, 3.8) is 0 Å². The fraction of sp³-hybridized carbons (Fsp3) is 0.333. The molecule has 0 spiro atoms. The zero-order valence-electron chi connectivity index (χ0n) is 14.2. The molecule has 6 heteroatoms. The lowest BCUT2D eigenvalue weighted by Crippen LogP contribution is -2.26. The van der Waals surface area contributed by atoms with Crippen molar-refractivity contribution in [3.8, 4) is 11.5 Å². The van der Waals surface area contributed by atoms with Gasteiger partial charge in [-0.3, -0.25) is 0 Å². The molecule has 2 aromatic rings. The Labute approximate surface area is 143 Å². The van der Waals surface area contributed by atoms with Gasteiger partial charge < -0.3 is 9.47 Å². The van der Waals surface area contributed by atoms with E-state index in [1.807, 2.05) is 45.0 Å². The normalized spacial score (nSPS) is 12.6. The molecule has 0 aliphatic heterocycles. The van der Waals surface area contributed by atoms with E-state index in [-0.39, 0.29) is 10.9 Å². The molecular formula is C18H23NO4S. The van der Waals surface area contributed by atoms with Gasteiger partial charge in [0.15, 0.2) is 0 Å². The van der Waals surface area contributed by atoms with Gasteiger partial charge in [-0.1, -0.05) is 12.1 Å². The fourth-order valence-electron chi connectivity index (χ4n) is 2.27. The number of hydrogen-bond acceptors (Lipinski definition) is 4. The molecule has 0 aliphatic rings. The number of nitrogens with one attached hydrogen (secondary N) is 1. The molecule has 0 amide bonds. The third kappa shape index (κ3) is 4.72. The van der Waals surface area contributed by atoms with Gasteiger partial charge in [-0.05, 0) is 62.7 Å². The van der Waals surface area contributed by atoms with Crippen LogP contribution in [0.4, 0.5) is 0 Å². The van der Waals surface area contributed by atoms with Gasteiger partial charge in [0, 0.05) is 6.04 Å². The molecule has 0 aromatic heterocycles. The van der Waals surface area contributed by atoms with Crippen molar-refractivity contribution in [2.24, 2.45) is 0 Å². The predicted molar refractivity (Wildman–Crippen MR) is 94.0 cm³/mol. The molecule has 0 heterocycles. The van der Waals surface area contributed by atoms with Gasteiger partial charge in [-0.2, -0.15) is 0 Å². The number of rotatable bonds is 8. The molecule has 5 nitrogen and oxygen atoms in total. The second-order valence-electron chi connectivity index (χ2n) is 5.25.